The normalized spacial score (nSPS) is 15.2. The van der Waals surface area contributed by atoms with Crippen LogP contribution in [0.2, 0.25) is 0 Å². The predicted molar refractivity (Wildman–Crippen MR) is 113 cm³/mol. The van der Waals surface area contributed by atoms with E-state index in [0.29, 0.717) is 37.9 Å². The first-order valence-corrected chi connectivity index (χ1v) is 10.6. The van der Waals surface area contributed by atoms with Crippen molar-refractivity contribution in [2.75, 3.05) is 32.8 Å². The first kappa shape index (κ1) is 21.9. The molecule has 0 N–H and O–H groups in total. The van der Waals surface area contributed by atoms with Gasteiger partial charge in [-0.05, 0) is 37.8 Å². The third kappa shape index (κ3) is 5.01. The fourth-order valence-electron chi connectivity index (χ4n) is 3.69. The maximum absolute atomic E-state index is 12.6. The van der Waals surface area contributed by atoms with Gasteiger partial charge in [0.1, 0.15) is 11.5 Å². The fraction of sp³-hybridized carbons (Fsp3) is 0.522. The molecule has 0 bridgehead atoms. The molecule has 7 nitrogen and oxygen atoms in total. The molecule has 1 aromatic carbocycles. The summed E-state index contributed by atoms with van der Waals surface area (Å²) >= 11 is 0. The number of ether oxygens (including phenoxy) is 1. The molecule has 1 fully saturated rings. The van der Waals surface area contributed by atoms with Gasteiger partial charge in [-0.25, -0.2) is 0 Å². The van der Waals surface area contributed by atoms with E-state index in [4.69, 9.17) is 9.26 Å². The third-order valence-electron chi connectivity index (χ3n) is 5.91. The summed E-state index contributed by atoms with van der Waals surface area (Å²) in [5, 5.41) is 3.90. The van der Waals surface area contributed by atoms with Crippen LogP contribution in [0.25, 0.3) is 0 Å². The summed E-state index contributed by atoms with van der Waals surface area (Å²) in [6, 6.07) is 7.89. The van der Waals surface area contributed by atoms with Crippen LogP contribution >= 0.6 is 0 Å². The molecule has 2 amide bonds. The summed E-state index contributed by atoms with van der Waals surface area (Å²) in [6.07, 6.45) is 1.29. The second-order valence-electron chi connectivity index (χ2n) is 7.88. The molecule has 1 aliphatic heterocycles. The lowest BCUT2D eigenvalue weighted by Crippen LogP contribution is -2.52. The van der Waals surface area contributed by atoms with Gasteiger partial charge < -0.3 is 19.1 Å². The monoisotopic (exact) mass is 413 g/mol. The molecule has 1 aromatic heterocycles. The fourth-order valence-corrected chi connectivity index (χ4v) is 3.69. The van der Waals surface area contributed by atoms with Gasteiger partial charge in [0.2, 0.25) is 5.91 Å². The van der Waals surface area contributed by atoms with Crippen molar-refractivity contribution in [1.29, 1.82) is 0 Å². The summed E-state index contributed by atoms with van der Waals surface area (Å²) in [4.78, 5) is 28.8. The number of benzene rings is 1. The lowest BCUT2D eigenvalue weighted by Gasteiger charge is -2.34. The molecule has 1 atom stereocenters. The zero-order valence-corrected chi connectivity index (χ0v) is 18.3. The van der Waals surface area contributed by atoms with E-state index in [9.17, 15) is 9.59 Å². The van der Waals surface area contributed by atoms with Gasteiger partial charge in [-0.3, -0.25) is 9.59 Å². The van der Waals surface area contributed by atoms with Gasteiger partial charge >= 0.3 is 0 Å². The molecule has 7 heteroatoms. The lowest BCUT2D eigenvalue weighted by atomic mass is 9.98. The molecular weight excluding hydrogens is 382 g/mol. The number of aromatic nitrogens is 1. The van der Waals surface area contributed by atoms with E-state index in [0.717, 1.165) is 29.0 Å². The molecule has 1 unspecified atom stereocenters. The predicted octanol–water partition coefficient (Wildman–Crippen LogP) is 3.10. The molecule has 0 saturated carbocycles. The van der Waals surface area contributed by atoms with Gasteiger partial charge in [-0.1, -0.05) is 37.2 Å². The average Bonchev–Trinajstić information content (AvgIpc) is 3.09. The number of carbonyl (C=O) groups is 2. The van der Waals surface area contributed by atoms with E-state index in [-0.39, 0.29) is 24.8 Å². The Hall–Kier alpha value is -2.83. The van der Waals surface area contributed by atoms with Gasteiger partial charge in [-0.15, -0.1) is 0 Å². The van der Waals surface area contributed by atoms with E-state index in [2.05, 4.69) is 25.1 Å². The summed E-state index contributed by atoms with van der Waals surface area (Å²) in [5.41, 5.74) is 2.74. The molecule has 2 heterocycles. The summed E-state index contributed by atoms with van der Waals surface area (Å²) < 4.78 is 11.0. The van der Waals surface area contributed by atoms with Crippen molar-refractivity contribution in [3.05, 3.63) is 46.8 Å². The first-order chi connectivity index (χ1) is 14.4. The SMILES string of the molecule is CCC(C)c1ccccc1OCC(=O)N1CCN(C(=O)Cc2c(C)noc2C)CC1. The van der Waals surface area contributed by atoms with Crippen LogP contribution in [-0.2, 0) is 16.0 Å². The number of aryl methyl sites for hydroxylation is 2. The second-order valence-corrected chi connectivity index (χ2v) is 7.88. The van der Waals surface area contributed by atoms with Crippen LogP contribution < -0.4 is 4.74 Å². The van der Waals surface area contributed by atoms with Crippen molar-refractivity contribution in [3.8, 4) is 5.75 Å². The molecule has 162 valence electrons. The Bertz CT molecular complexity index is 865. The van der Waals surface area contributed by atoms with Gasteiger partial charge in [-0.2, -0.15) is 0 Å². The van der Waals surface area contributed by atoms with E-state index in [1.165, 1.54) is 0 Å². The molecule has 0 aliphatic carbocycles. The van der Waals surface area contributed by atoms with Gasteiger partial charge in [0.25, 0.3) is 5.91 Å². The zero-order valence-electron chi connectivity index (χ0n) is 18.3. The maximum Gasteiger partial charge on any atom is 0.260 e. The second kappa shape index (κ2) is 9.78. The number of carbonyl (C=O) groups excluding carboxylic acids is 2. The minimum atomic E-state index is -0.0493. The summed E-state index contributed by atoms with van der Waals surface area (Å²) in [6.45, 7) is 10.1. The van der Waals surface area contributed by atoms with Crippen LogP contribution in [0.3, 0.4) is 0 Å². The van der Waals surface area contributed by atoms with Crippen LogP contribution in [0.4, 0.5) is 0 Å². The van der Waals surface area contributed by atoms with Crippen molar-refractivity contribution in [3.63, 3.8) is 0 Å². The number of hydrogen-bond acceptors (Lipinski definition) is 5. The van der Waals surface area contributed by atoms with Crippen LogP contribution in [0.15, 0.2) is 28.8 Å². The molecule has 0 radical (unpaired) electrons. The number of para-hydroxylation sites is 1. The largest absolute Gasteiger partial charge is 0.483 e. The minimum absolute atomic E-state index is 0.0144. The van der Waals surface area contributed by atoms with Crippen molar-refractivity contribution >= 4 is 11.8 Å². The number of amides is 2. The lowest BCUT2D eigenvalue weighted by molar-refractivity contribution is -0.140. The Morgan fingerprint density at radius 3 is 2.33 bits per heavy atom. The van der Waals surface area contributed by atoms with E-state index < -0.39 is 0 Å². The van der Waals surface area contributed by atoms with Crippen LogP contribution in [-0.4, -0.2) is 59.6 Å². The van der Waals surface area contributed by atoms with E-state index in [1.54, 1.807) is 9.80 Å². The summed E-state index contributed by atoms with van der Waals surface area (Å²) in [7, 11) is 0. The topological polar surface area (TPSA) is 75.9 Å². The minimum Gasteiger partial charge on any atom is -0.483 e. The van der Waals surface area contributed by atoms with Crippen LogP contribution in [0, 0.1) is 13.8 Å². The molecule has 2 aromatic rings. The zero-order chi connectivity index (χ0) is 21.7. The van der Waals surface area contributed by atoms with Crippen molar-refractivity contribution in [1.82, 2.24) is 15.0 Å². The van der Waals surface area contributed by atoms with Gasteiger partial charge in [0, 0.05) is 31.7 Å². The smallest absolute Gasteiger partial charge is 0.260 e. The highest BCUT2D eigenvalue weighted by Gasteiger charge is 2.26. The summed E-state index contributed by atoms with van der Waals surface area (Å²) in [5.74, 6) is 1.82. The van der Waals surface area contributed by atoms with Crippen LogP contribution in [0.5, 0.6) is 5.75 Å². The quantitative estimate of drug-likeness (QED) is 0.697. The highest BCUT2D eigenvalue weighted by Crippen LogP contribution is 2.28. The Balaban J connectivity index is 1.49. The first-order valence-electron chi connectivity index (χ1n) is 10.6. The third-order valence-corrected chi connectivity index (χ3v) is 5.91. The van der Waals surface area contributed by atoms with Gasteiger partial charge in [0.15, 0.2) is 6.61 Å². The number of piperazine rings is 1. The van der Waals surface area contributed by atoms with Crippen molar-refractivity contribution in [2.24, 2.45) is 0 Å². The van der Waals surface area contributed by atoms with Crippen LogP contribution in [0.1, 0.15) is 48.8 Å². The molecule has 1 aliphatic rings. The molecule has 3 rings (SSSR count). The standard InChI is InChI=1S/C23H31N3O4/c1-5-16(2)19-8-6-7-9-21(19)29-15-23(28)26-12-10-25(11-13-26)22(27)14-20-17(3)24-30-18(20)4/h6-9,16H,5,10-15H2,1-4H3. The molecular formula is C23H31N3O4. The number of nitrogens with zero attached hydrogens (tertiary/aromatic N) is 3. The highest BCUT2D eigenvalue weighted by molar-refractivity contribution is 5.81. The van der Waals surface area contributed by atoms with E-state index in [1.807, 2.05) is 32.0 Å². The number of hydrogen-bond donors (Lipinski definition) is 0. The van der Waals surface area contributed by atoms with E-state index >= 15 is 0 Å². The average molecular weight is 414 g/mol. The Labute approximate surface area is 178 Å². The number of rotatable bonds is 7. The van der Waals surface area contributed by atoms with Crippen molar-refractivity contribution < 1.29 is 18.8 Å². The molecule has 1 saturated heterocycles. The molecule has 30 heavy (non-hydrogen) atoms. The Morgan fingerprint density at radius 1 is 1.10 bits per heavy atom. The maximum atomic E-state index is 12.6. The highest BCUT2D eigenvalue weighted by atomic mass is 16.5. The Kier molecular flexibility index (Phi) is 7.13. The van der Waals surface area contributed by atoms with Gasteiger partial charge in [0.05, 0.1) is 12.1 Å². The Morgan fingerprint density at radius 2 is 1.73 bits per heavy atom. The van der Waals surface area contributed by atoms with Crippen molar-refractivity contribution in [2.45, 2.75) is 46.5 Å². The molecule has 0 spiro atoms.